The molecule has 3 rings (SSSR count). The van der Waals surface area contributed by atoms with E-state index >= 15 is 0 Å². The van der Waals surface area contributed by atoms with Crippen molar-refractivity contribution in [3.8, 4) is 0 Å². The zero-order valence-electron chi connectivity index (χ0n) is 14.5. The minimum Gasteiger partial charge on any atom is -0.327 e. The van der Waals surface area contributed by atoms with E-state index in [2.05, 4.69) is 10.7 Å². The van der Waals surface area contributed by atoms with Gasteiger partial charge in [0.25, 0.3) is 11.8 Å². The normalized spacial score (nSPS) is 24.3. The first-order valence-electron chi connectivity index (χ1n) is 8.92. The summed E-state index contributed by atoms with van der Waals surface area (Å²) < 4.78 is 0. The third kappa shape index (κ3) is 3.37. The molecular formula is C18H25N4O3+. The molecule has 0 unspecified atom stereocenters. The lowest BCUT2D eigenvalue weighted by atomic mass is 9.87. The molecule has 2 saturated heterocycles. The highest BCUT2D eigenvalue weighted by atomic mass is 16.2. The Bertz CT molecular complexity index is 658. The lowest BCUT2D eigenvalue weighted by Gasteiger charge is -2.26. The maximum atomic E-state index is 12.9. The first-order valence-corrected chi connectivity index (χ1v) is 8.92. The van der Waals surface area contributed by atoms with E-state index in [-0.39, 0.29) is 12.5 Å². The molecule has 1 aromatic rings. The highest BCUT2D eigenvalue weighted by molar-refractivity contribution is 6.08. The van der Waals surface area contributed by atoms with Crippen LogP contribution >= 0.6 is 0 Å². The van der Waals surface area contributed by atoms with Gasteiger partial charge in [0.2, 0.25) is 0 Å². The molecule has 134 valence electrons. The zero-order chi connectivity index (χ0) is 17.9. The van der Waals surface area contributed by atoms with Crippen LogP contribution in [0.2, 0.25) is 0 Å². The van der Waals surface area contributed by atoms with Crippen LogP contribution in [0.1, 0.15) is 38.2 Å². The van der Waals surface area contributed by atoms with Gasteiger partial charge in [-0.25, -0.2) is 4.79 Å². The number of benzene rings is 1. The monoisotopic (exact) mass is 345 g/mol. The predicted molar refractivity (Wildman–Crippen MR) is 91.3 cm³/mol. The number of carbonyl (C=O) groups is 3. The first-order chi connectivity index (χ1) is 12.1. The quantitative estimate of drug-likeness (QED) is 0.654. The van der Waals surface area contributed by atoms with E-state index in [1.165, 1.54) is 11.3 Å². The Hall–Kier alpha value is -2.41. The number of hydrazine groups is 1. The molecule has 4 amide bonds. The fraction of sp³-hybridized carbons (Fsp3) is 0.500. The number of imide groups is 1. The molecule has 0 bridgehead atoms. The van der Waals surface area contributed by atoms with Crippen molar-refractivity contribution >= 4 is 17.8 Å². The van der Waals surface area contributed by atoms with Crippen molar-refractivity contribution in [2.45, 2.75) is 38.1 Å². The summed E-state index contributed by atoms with van der Waals surface area (Å²) in [5.74, 6) is -0.742. The van der Waals surface area contributed by atoms with Crippen molar-refractivity contribution < 1.29 is 19.3 Å². The molecule has 2 heterocycles. The third-order valence-corrected chi connectivity index (χ3v) is 5.10. The van der Waals surface area contributed by atoms with Crippen LogP contribution in [0.4, 0.5) is 4.79 Å². The van der Waals surface area contributed by atoms with Gasteiger partial charge in [0.05, 0.1) is 13.1 Å². The number of nitrogens with one attached hydrogen (secondary N) is 3. The average Bonchev–Trinajstić information content (AvgIpc) is 2.88. The molecule has 0 spiro atoms. The Labute approximate surface area is 147 Å². The van der Waals surface area contributed by atoms with Crippen molar-refractivity contribution in [1.82, 2.24) is 15.8 Å². The molecule has 2 fully saturated rings. The molecule has 1 aromatic carbocycles. The molecule has 0 aromatic heterocycles. The van der Waals surface area contributed by atoms with Crippen LogP contribution in [0.5, 0.6) is 0 Å². The summed E-state index contributed by atoms with van der Waals surface area (Å²) >= 11 is 0. The number of likely N-dealkylation sites (tertiary alicyclic amines) is 1. The van der Waals surface area contributed by atoms with Gasteiger partial charge in [-0.3, -0.25) is 15.0 Å². The molecule has 0 radical (unpaired) electrons. The molecule has 0 aliphatic carbocycles. The van der Waals surface area contributed by atoms with Gasteiger partial charge in [-0.1, -0.05) is 37.3 Å². The Kier molecular flexibility index (Phi) is 5.03. The van der Waals surface area contributed by atoms with E-state index in [1.54, 1.807) is 0 Å². The molecule has 2 aliphatic heterocycles. The van der Waals surface area contributed by atoms with Gasteiger partial charge >= 0.3 is 6.03 Å². The largest absolute Gasteiger partial charge is 0.344 e. The Morgan fingerprint density at radius 3 is 2.52 bits per heavy atom. The fourth-order valence-electron chi connectivity index (χ4n) is 3.66. The van der Waals surface area contributed by atoms with Gasteiger partial charge in [0.1, 0.15) is 5.54 Å². The Morgan fingerprint density at radius 1 is 1.20 bits per heavy atom. The van der Waals surface area contributed by atoms with E-state index in [1.807, 2.05) is 37.3 Å². The summed E-state index contributed by atoms with van der Waals surface area (Å²) in [5.41, 5.74) is 2.09. The van der Waals surface area contributed by atoms with Gasteiger partial charge in [-0.2, -0.15) is 5.01 Å². The number of rotatable bonds is 5. The van der Waals surface area contributed by atoms with E-state index < -0.39 is 17.5 Å². The minimum absolute atomic E-state index is 0.279. The summed E-state index contributed by atoms with van der Waals surface area (Å²) in [5, 5.41) is 3.59. The van der Waals surface area contributed by atoms with Gasteiger partial charge in [0.15, 0.2) is 6.54 Å². The number of urea groups is 1. The fourth-order valence-corrected chi connectivity index (χ4v) is 3.66. The second-order valence-corrected chi connectivity index (χ2v) is 6.72. The minimum atomic E-state index is -1.12. The van der Waals surface area contributed by atoms with Crippen LogP contribution in [0.25, 0.3) is 0 Å². The van der Waals surface area contributed by atoms with Crippen LogP contribution in [-0.2, 0) is 15.1 Å². The smallest absolute Gasteiger partial charge is 0.327 e. The second kappa shape index (κ2) is 7.23. The average molecular weight is 345 g/mol. The number of carbonyl (C=O) groups excluding carboxylic acids is 3. The predicted octanol–water partition coefficient (Wildman–Crippen LogP) is -0.0563. The van der Waals surface area contributed by atoms with Gasteiger partial charge < -0.3 is 10.2 Å². The maximum absolute atomic E-state index is 12.9. The van der Waals surface area contributed by atoms with Gasteiger partial charge in [-0.15, -0.1) is 0 Å². The van der Waals surface area contributed by atoms with E-state index in [0.29, 0.717) is 12.0 Å². The number of nitrogens with zero attached hydrogens (tertiary/aromatic N) is 1. The second-order valence-electron chi connectivity index (χ2n) is 6.72. The van der Waals surface area contributed by atoms with Crippen LogP contribution in [0, 0.1) is 0 Å². The Morgan fingerprint density at radius 2 is 1.88 bits per heavy atom. The van der Waals surface area contributed by atoms with E-state index in [4.69, 9.17) is 0 Å². The van der Waals surface area contributed by atoms with Crippen LogP contribution in [-0.4, -0.2) is 42.5 Å². The lowest BCUT2D eigenvalue weighted by Crippen LogP contribution is -3.14. The summed E-state index contributed by atoms with van der Waals surface area (Å²) in [6.45, 7) is 4.03. The van der Waals surface area contributed by atoms with E-state index in [9.17, 15) is 14.4 Å². The summed E-state index contributed by atoms with van der Waals surface area (Å²) in [7, 11) is 0. The number of piperidine rings is 1. The Balaban J connectivity index is 1.71. The third-order valence-electron chi connectivity index (χ3n) is 5.10. The summed E-state index contributed by atoms with van der Waals surface area (Å²) in [4.78, 5) is 38.7. The van der Waals surface area contributed by atoms with Crippen molar-refractivity contribution in [1.29, 1.82) is 0 Å². The summed E-state index contributed by atoms with van der Waals surface area (Å²) in [6, 6.07) is 8.54. The number of hydrogen-bond donors (Lipinski definition) is 3. The number of quaternary nitrogens is 1. The van der Waals surface area contributed by atoms with Gasteiger partial charge in [-0.05, 0) is 31.2 Å². The van der Waals surface area contributed by atoms with Crippen molar-refractivity contribution in [3.63, 3.8) is 0 Å². The molecule has 25 heavy (non-hydrogen) atoms. The highest BCUT2D eigenvalue weighted by Crippen LogP contribution is 2.31. The number of amides is 4. The highest BCUT2D eigenvalue weighted by Gasteiger charge is 2.52. The zero-order valence-corrected chi connectivity index (χ0v) is 14.5. The van der Waals surface area contributed by atoms with Crippen LogP contribution < -0.4 is 15.6 Å². The van der Waals surface area contributed by atoms with Gasteiger partial charge in [0, 0.05) is 0 Å². The standard InChI is InChI=1S/C18H24N4O3/c1-2-18(14-9-5-3-6-10-14)16(24)22(17(25)19-18)20-15(23)13-21-11-7-4-8-12-21/h3,5-6,9-10H,2,4,7-8,11-13H2,1H3,(H,19,25)(H,20,23)/p+1/t18-/m1/s1. The SMILES string of the molecule is CC[C@]1(c2ccccc2)NC(=O)N(NC(=O)C[NH+]2CCCCC2)C1=O. The van der Waals surface area contributed by atoms with Crippen molar-refractivity contribution in [3.05, 3.63) is 35.9 Å². The number of hydrogen-bond acceptors (Lipinski definition) is 3. The van der Waals surface area contributed by atoms with Crippen molar-refractivity contribution in [2.24, 2.45) is 0 Å². The summed E-state index contributed by atoms with van der Waals surface area (Å²) in [6.07, 6.45) is 3.83. The lowest BCUT2D eigenvalue weighted by molar-refractivity contribution is -0.896. The molecule has 7 heteroatoms. The maximum Gasteiger partial charge on any atom is 0.344 e. The molecule has 2 aliphatic rings. The van der Waals surface area contributed by atoms with Crippen molar-refractivity contribution in [2.75, 3.05) is 19.6 Å². The van der Waals surface area contributed by atoms with Crippen LogP contribution in [0.15, 0.2) is 30.3 Å². The molecule has 0 saturated carbocycles. The molecular weight excluding hydrogens is 320 g/mol. The topological polar surface area (TPSA) is 83.0 Å². The molecule has 7 nitrogen and oxygen atoms in total. The van der Waals surface area contributed by atoms with E-state index in [0.717, 1.165) is 30.9 Å². The molecule has 1 atom stereocenters. The first kappa shape index (κ1) is 17.4. The van der Waals surface area contributed by atoms with Crippen LogP contribution in [0.3, 0.4) is 0 Å². The molecule has 3 N–H and O–H groups in total.